The fourth-order valence-corrected chi connectivity index (χ4v) is 3.43. The number of benzene rings is 1. The Morgan fingerprint density at radius 1 is 1.18 bits per heavy atom. The van der Waals surface area contributed by atoms with Crippen LogP contribution in [0, 0.1) is 17.2 Å². The maximum atomic E-state index is 12.5. The SMILES string of the molecule is C[C@H]1CCCC[C@@H]1NC(=O)/C(C#N)=C/c1ccc(-c2ccc(C(=O)O)cc2)o1. The number of nitrogens with zero attached hydrogens (tertiary/aromatic N) is 1. The molecule has 0 saturated heterocycles. The maximum Gasteiger partial charge on any atom is 0.335 e. The molecule has 1 aliphatic rings. The second-order valence-electron chi connectivity index (χ2n) is 7.10. The molecule has 0 spiro atoms. The Bertz CT molecular complexity index is 934. The van der Waals surface area contributed by atoms with Crippen LogP contribution in [0.25, 0.3) is 17.4 Å². The molecule has 0 unspecified atom stereocenters. The minimum absolute atomic E-state index is 0.0000939. The van der Waals surface area contributed by atoms with Gasteiger partial charge in [0.05, 0.1) is 5.56 Å². The van der Waals surface area contributed by atoms with Crippen LogP contribution in [0.5, 0.6) is 0 Å². The first-order valence-corrected chi connectivity index (χ1v) is 9.34. The molecule has 6 nitrogen and oxygen atoms in total. The molecule has 0 bridgehead atoms. The third kappa shape index (κ3) is 4.49. The number of aromatic carboxylic acids is 1. The third-order valence-electron chi connectivity index (χ3n) is 5.12. The number of carbonyl (C=O) groups is 2. The molecule has 2 atom stereocenters. The van der Waals surface area contributed by atoms with Crippen LogP contribution in [0.3, 0.4) is 0 Å². The summed E-state index contributed by atoms with van der Waals surface area (Å²) in [4.78, 5) is 23.4. The Morgan fingerprint density at radius 3 is 2.54 bits per heavy atom. The third-order valence-corrected chi connectivity index (χ3v) is 5.12. The van der Waals surface area contributed by atoms with Gasteiger partial charge in [-0.05, 0) is 43.0 Å². The Balaban J connectivity index is 1.73. The van der Waals surface area contributed by atoms with E-state index in [0.29, 0.717) is 23.0 Å². The summed E-state index contributed by atoms with van der Waals surface area (Å²) < 4.78 is 5.71. The van der Waals surface area contributed by atoms with E-state index in [1.54, 1.807) is 24.3 Å². The zero-order valence-corrected chi connectivity index (χ0v) is 15.6. The highest BCUT2D eigenvalue weighted by molar-refractivity contribution is 6.01. The summed E-state index contributed by atoms with van der Waals surface area (Å²) in [6, 6.07) is 11.7. The number of carbonyl (C=O) groups excluding carboxylic acids is 1. The topological polar surface area (TPSA) is 103 Å². The summed E-state index contributed by atoms with van der Waals surface area (Å²) >= 11 is 0. The number of rotatable bonds is 5. The van der Waals surface area contributed by atoms with Crippen molar-refractivity contribution >= 4 is 18.0 Å². The molecule has 1 aromatic carbocycles. The smallest absolute Gasteiger partial charge is 0.335 e. The number of carboxylic acids is 1. The maximum absolute atomic E-state index is 12.5. The van der Waals surface area contributed by atoms with Crippen molar-refractivity contribution in [2.45, 2.75) is 38.6 Å². The second kappa shape index (κ2) is 8.57. The number of hydrogen-bond acceptors (Lipinski definition) is 4. The second-order valence-corrected chi connectivity index (χ2v) is 7.10. The molecule has 1 heterocycles. The number of furan rings is 1. The first-order valence-electron chi connectivity index (χ1n) is 9.34. The van der Waals surface area contributed by atoms with Crippen LogP contribution in [0.1, 0.15) is 48.7 Å². The number of carboxylic acid groups (broad SMARTS) is 1. The standard InChI is InChI=1S/C22H22N2O4/c1-14-4-2-3-5-19(14)24-21(25)17(13-23)12-18-10-11-20(28-18)15-6-8-16(9-7-15)22(26)27/h6-12,14,19H,2-5H2,1H3,(H,24,25)(H,26,27)/b17-12+/t14-,19-/m0/s1. The van der Waals surface area contributed by atoms with E-state index in [1.165, 1.54) is 24.6 Å². The van der Waals surface area contributed by atoms with E-state index < -0.39 is 5.97 Å². The normalized spacial score (nSPS) is 19.6. The van der Waals surface area contributed by atoms with Gasteiger partial charge in [0, 0.05) is 17.7 Å². The molecular weight excluding hydrogens is 356 g/mol. The fourth-order valence-electron chi connectivity index (χ4n) is 3.43. The zero-order valence-electron chi connectivity index (χ0n) is 15.6. The Hall–Kier alpha value is -3.33. The van der Waals surface area contributed by atoms with Gasteiger partial charge in [-0.1, -0.05) is 31.9 Å². The molecule has 1 saturated carbocycles. The Labute approximate surface area is 163 Å². The number of amides is 1. The van der Waals surface area contributed by atoms with E-state index in [4.69, 9.17) is 9.52 Å². The van der Waals surface area contributed by atoms with Crippen molar-refractivity contribution in [2.75, 3.05) is 0 Å². The van der Waals surface area contributed by atoms with Crippen molar-refractivity contribution in [3.63, 3.8) is 0 Å². The van der Waals surface area contributed by atoms with E-state index in [0.717, 1.165) is 19.3 Å². The van der Waals surface area contributed by atoms with Gasteiger partial charge < -0.3 is 14.8 Å². The molecule has 2 N–H and O–H groups in total. The van der Waals surface area contributed by atoms with Crippen LogP contribution >= 0.6 is 0 Å². The lowest BCUT2D eigenvalue weighted by Crippen LogP contribution is -2.41. The van der Waals surface area contributed by atoms with Gasteiger partial charge in [-0.3, -0.25) is 4.79 Å². The van der Waals surface area contributed by atoms with Gasteiger partial charge in [-0.25, -0.2) is 4.79 Å². The van der Waals surface area contributed by atoms with Gasteiger partial charge >= 0.3 is 5.97 Å². The Morgan fingerprint density at radius 2 is 1.89 bits per heavy atom. The molecule has 6 heteroatoms. The summed E-state index contributed by atoms with van der Waals surface area (Å²) in [7, 11) is 0. The van der Waals surface area contributed by atoms with E-state index in [-0.39, 0.29) is 23.1 Å². The van der Waals surface area contributed by atoms with Crippen molar-refractivity contribution < 1.29 is 19.1 Å². The van der Waals surface area contributed by atoms with Crippen LogP contribution in [-0.2, 0) is 4.79 Å². The van der Waals surface area contributed by atoms with E-state index >= 15 is 0 Å². The van der Waals surface area contributed by atoms with E-state index in [2.05, 4.69) is 12.2 Å². The van der Waals surface area contributed by atoms with Gasteiger partial charge in [0.1, 0.15) is 23.2 Å². The van der Waals surface area contributed by atoms with Crippen LogP contribution in [-0.4, -0.2) is 23.0 Å². The first kappa shape index (κ1) is 19.4. The molecule has 144 valence electrons. The quantitative estimate of drug-likeness (QED) is 0.598. The molecule has 0 radical (unpaired) electrons. The zero-order chi connectivity index (χ0) is 20.1. The van der Waals surface area contributed by atoms with Crippen LogP contribution in [0.2, 0.25) is 0 Å². The summed E-state index contributed by atoms with van der Waals surface area (Å²) in [5, 5.41) is 21.3. The van der Waals surface area contributed by atoms with Gasteiger partial charge in [-0.2, -0.15) is 5.26 Å². The summed E-state index contributed by atoms with van der Waals surface area (Å²) in [6.07, 6.45) is 5.71. The van der Waals surface area contributed by atoms with Crippen LogP contribution in [0.4, 0.5) is 0 Å². The van der Waals surface area contributed by atoms with E-state index in [9.17, 15) is 14.9 Å². The summed E-state index contributed by atoms with van der Waals surface area (Å²) in [5.74, 6) is -0.0549. The highest BCUT2D eigenvalue weighted by Crippen LogP contribution is 2.25. The predicted molar refractivity (Wildman–Crippen MR) is 104 cm³/mol. The monoisotopic (exact) mass is 378 g/mol. The molecular formula is C22H22N2O4. The lowest BCUT2D eigenvalue weighted by molar-refractivity contribution is -0.118. The summed E-state index contributed by atoms with van der Waals surface area (Å²) in [6.45, 7) is 2.12. The van der Waals surface area contributed by atoms with Crippen molar-refractivity contribution in [3.8, 4) is 17.4 Å². The van der Waals surface area contributed by atoms with E-state index in [1.807, 2.05) is 6.07 Å². The molecule has 28 heavy (non-hydrogen) atoms. The van der Waals surface area contributed by atoms with Crippen LogP contribution in [0.15, 0.2) is 46.4 Å². The fraction of sp³-hybridized carbons (Fsp3) is 0.318. The predicted octanol–water partition coefficient (Wildman–Crippen LogP) is 4.25. The summed E-state index contributed by atoms with van der Waals surface area (Å²) in [5.41, 5.74) is 0.902. The highest BCUT2D eigenvalue weighted by Gasteiger charge is 2.24. The number of nitrogens with one attached hydrogen (secondary N) is 1. The van der Waals surface area contributed by atoms with Crippen molar-refractivity contribution in [1.29, 1.82) is 5.26 Å². The first-order chi connectivity index (χ1) is 13.5. The minimum atomic E-state index is -0.994. The average molecular weight is 378 g/mol. The Kier molecular flexibility index (Phi) is 5.95. The number of hydrogen-bond donors (Lipinski definition) is 2. The molecule has 1 amide bonds. The lowest BCUT2D eigenvalue weighted by Gasteiger charge is -2.29. The minimum Gasteiger partial charge on any atom is -0.478 e. The van der Waals surface area contributed by atoms with Crippen LogP contribution < -0.4 is 5.32 Å². The highest BCUT2D eigenvalue weighted by atomic mass is 16.4. The van der Waals surface area contributed by atoms with Gasteiger partial charge in [-0.15, -0.1) is 0 Å². The van der Waals surface area contributed by atoms with Gasteiger partial charge in [0.25, 0.3) is 5.91 Å². The van der Waals surface area contributed by atoms with Crippen molar-refractivity contribution in [2.24, 2.45) is 5.92 Å². The lowest BCUT2D eigenvalue weighted by atomic mass is 9.86. The molecule has 1 fully saturated rings. The molecule has 0 aliphatic heterocycles. The molecule has 1 aromatic heterocycles. The van der Waals surface area contributed by atoms with Crippen molar-refractivity contribution in [1.82, 2.24) is 5.32 Å². The number of nitriles is 1. The molecule has 3 rings (SSSR count). The van der Waals surface area contributed by atoms with Gasteiger partial charge in [0.2, 0.25) is 0 Å². The molecule has 1 aliphatic carbocycles. The molecule has 2 aromatic rings. The average Bonchev–Trinajstić information content (AvgIpc) is 3.16. The largest absolute Gasteiger partial charge is 0.478 e. The van der Waals surface area contributed by atoms with Gasteiger partial charge in [0.15, 0.2) is 0 Å². The van der Waals surface area contributed by atoms with Crippen molar-refractivity contribution in [3.05, 3.63) is 53.3 Å².